The van der Waals surface area contributed by atoms with Gasteiger partial charge in [0, 0.05) is 6.42 Å². The van der Waals surface area contributed by atoms with E-state index in [-0.39, 0.29) is 39.1 Å². The number of ether oxygens (including phenoxy) is 4. The largest absolute Gasteiger partial charge is 0.512 e. The second-order valence-corrected chi connectivity index (χ2v) is 9.77. The van der Waals surface area contributed by atoms with Crippen LogP contribution in [0, 0.1) is 0 Å². The Balaban J connectivity index is 1.72. The molecule has 0 saturated heterocycles. The van der Waals surface area contributed by atoms with Crippen molar-refractivity contribution in [2.45, 2.75) is 19.4 Å². The molecule has 43 heavy (non-hydrogen) atoms. The summed E-state index contributed by atoms with van der Waals surface area (Å²) in [6.07, 6.45) is 2.39. The van der Waals surface area contributed by atoms with Crippen molar-refractivity contribution in [3.63, 3.8) is 0 Å². The third kappa shape index (κ3) is 8.83. The van der Waals surface area contributed by atoms with Gasteiger partial charge in [-0.15, -0.1) is 0 Å². The van der Waals surface area contributed by atoms with Crippen LogP contribution in [0.4, 0.5) is 0 Å². The first-order valence-electron chi connectivity index (χ1n) is 14.2. The molecule has 226 valence electrons. The predicted molar refractivity (Wildman–Crippen MR) is 167 cm³/mol. The van der Waals surface area contributed by atoms with Crippen molar-refractivity contribution in [3.05, 3.63) is 114 Å². The highest BCUT2D eigenvalue weighted by molar-refractivity contribution is 5.68. The Hall–Kier alpha value is -4.34. The van der Waals surface area contributed by atoms with Crippen molar-refractivity contribution >= 4 is 0 Å². The van der Waals surface area contributed by atoms with Gasteiger partial charge in [0.2, 0.25) is 0 Å². The minimum absolute atomic E-state index is 0.0433. The third-order valence-electron chi connectivity index (χ3n) is 6.84. The smallest absolute Gasteiger partial charge is 0.167 e. The van der Waals surface area contributed by atoms with Crippen LogP contribution in [-0.2, 0) is 11.2 Å². The molecule has 0 radical (unpaired) electrons. The number of benzene rings is 4. The Morgan fingerprint density at radius 2 is 1.28 bits per heavy atom. The van der Waals surface area contributed by atoms with Crippen LogP contribution in [0.1, 0.15) is 29.7 Å². The van der Waals surface area contributed by atoms with Gasteiger partial charge in [-0.05, 0) is 82.3 Å². The molecule has 1 atom stereocenters. The molecule has 8 nitrogen and oxygen atoms in total. The van der Waals surface area contributed by atoms with Crippen LogP contribution in [0.25, 0.3) is 22.3 Å². The van der Waals surface area contributed by atoms with Gasteiger partial charge >= 0.3 is 0 Å². The van der Waals surface area contributed by atoms with Crippen molar-refractivity contribution in [1.82, 2.24) is 0 Å². The lowest BCUT2D eigenvalue weighted by Gasteiger charge is -2.20. The van der Waals surface area contributed by atoms with E-state index in [0.717, 1.165) is 45.2 Å². The first-order valence-corrected chi connectivity index (χ1v) is 14.2. The van der Waals surface area contributed by atoms with Gasteiger partial charge in [-0.25, -0.2) is 0 Å². The molecule has 0 fully saturated rings. The zero-order valence-electron chi connectivity index (χ0n) is 24.2. The maximum absolute atomic E-state index is 9.45. The second kappa shape index (κ2) is 16.3. The van der Waals surface area contributed by atoms with Crippen LogP contribution in [0.15, 0.2) is 97.5 Å². The molecule has 0 spiro atoms. The van der Waals surface area contributed by atoms with Gasteiger partial charge in [0.15, 0.2) is 6.61 Å². The molecule has 0 aromatic heterocycles. The van der Waals surface area contributed by atoms with E-state index >= 15 is 0 Å². The summed E-state index contributed by atoms with van der Waals surface area (Å²) in [5.74, 6) is 1.99. The lowest BCUT2D eigenvalue weighted by molar-refractivity contribution is 0.0381. The van der Waals surface area contributed by atoms with Gasteiger partial charge < -0.3 is 39.4 Å². The summed E-state index contributed by atoms with van der Waals surface area (Å²) in [6, 6.07) is 27.6. The SMILES string of the molecule is C[C@H](OCC[OH2+])c1ccc(-c2ccc(O/C=C/O)cc2)cc1Cc1cc(-c2ccc(OCCO)cc2)ccc1OCCO. The number of rotatable bonds is 16. The average molecular weight is 588 g/mol. The molecule has 0 aliphatic heterocycles. The van der Waals surface area contributed by atoms with Crippen molar-refractivity contribution in [3.8, 4) is 39.5 Å². The molecule has 4 aromatic carbocycles. The van der Waals surface area contributed by atoms with Crippen molar-refractivity contribution in [2.75, 3.05) is 39.6 Å². The zero-order valence-corrected chi connectivity index (χ0v) is 24.2. The van der Waals surface area contributed by atoms with Crippen LogP contribution < -0.4 is 14.2 Å². The summed E-state index contributed by atoms with van der Waals surface area (Å²) < 4.78 is 22.8. The fourth-order valence-electron chi connectivity index (χ4n) is 4.80. The van der Waals surface area contributed by atoms with E-state index in [9.17, 15) is 5.11 Å². The van der Waals surface area contributed by atoms with E-state index in [0.29, 0.717) is 30.3 Å². The molecule has 0 saturated carbocycles. The van der Waals surface area contributed by atoms with Gasteiger partial charge in [-0.1, -0.05) is 48.5 Å². The monoisotopic (exact) mass is 587 g/mol. The quantitative estimate of drug-likeness (QED) is 0.116. The first kappa shape index (κ1) is 31.6. The summed E-state index contributed by atoms with van der Waals surface area (Å²) in [4.78, 5) is 0. The highest BCUT2D eigenvalue weighted by atomic mass is 16.5. The maximum Gasteiger partial charge on any atom is 0.167 e. The first-order chi connectivity index (χ1) is 21.1. The molecule has 4 rings (SSSR count). The molecule has 4 aromatic rings. The van der Waals surface area contributed by atoms with Gasteiger partial charge in [0.05, 0.1) is 19.3 Å². The van der Waals surface area contributed by atoms with E-state index in [4.69, 9.17) is 34.3 Å². The summed E-state index contributed by atoms with van der Waals surface area (Å²) in [7, 11) is 0. The van der Waals surface area contributed by atoms with Crippen LogP contribution >= 0.6 is 0 Å². The molecule has 0 aliphatic carbocycles. The highest BCUT2D eigenvalue weighted by Gasteiger charge is 2.16. The number of aliphatic hydroxyl groups is 3. The van der Waals surface area contributed by atoms with E-state index in [2.05, 4.69) is 24.3 Å². The molecule has 0 aliphatic rings. The molecule has 5 N–H and O–H groups in total. The van der Waals surface area contributed by atoms with Crippen molar-refractivity contribution in [1.29, 1.82) is 0 Å². The van der Waals surface area contributed by atoms with Crippen LogP contribution in [0.3, 0.4) is 0 Å². The second-order valence-electron chi connectivity index (χ2n) is 9.77. The molecule has 0 amide bonds. The number of aliphatic hydroxyl groups excluding tert-OH is 3. The minimum atomic E-state index is -0.216. The molecule has 0 bridgehead atoms. The lowest BCUT2D eigenvalue weighted by atomic mass is 9.91. The molecule has 0 heterocycles. The van der Waals surface area contributed by atoms with E-state index in [1.165, 1.54) is 6.26 Å². The summed E-state index contributed by atoms with van der Waals surface area (Å²) in [6.45, 7) is 2.80. The van der Waals surface area contributed by atoms with E-state index < -0.39 is 0 Å². The van der Waals surface area contributed by atoms with E-state index in [1.54, 1.807) is 0 Å². The summed E-state index contributed by atoms with van der Waals surface area (Å²) in [5.41, 5.74) is 7.06. The van der Waals surface area contributed by atoms with Gasteiger partial charge in [-0.2, -0.15) is 0 Å². The van der Waals surface area contributed by atoms with Crippen molar-refractivity contribution in [2.24, 2.45) is 0 Å². The number of hydrogen-bond acceptors (Lipinski definition) is 7. The Kier molecular flexibility index (Phi) is 12.0. The van der Waals surface area contributed by atoms with Gasteiger partial charge in [0.1, 0.15) is 49.6 Å². The Morgan fingerprint density at radius 3 is 1.91 bits per heavy atom. The normalized spacial score (nSPS) is 11.9. The number of hydrogen-bond donors (Lipinski definition) is 3. The van der Waals surface area contributed by atoms with Gasteiger partial charge in [0.25, 0.3) is 0 Å². The van der Waals surface area contributed by atoms with Crippen LogP contribution in [0.2, 0.25) is 0 Å². The fourth-order valence-corrected chi connectivity index (χ4v) is 4.80. The standard InChI is InChI=1S/C35H38O8/c1-25(40-18-14-36)34-12-6-28(26-2-8-32(9-3-26)41-19-15-37)22-30(34)24-31-23-29(7-13-35(31)43-21-17-39)27-4-10-33(11-5-27)42-20-16-38/h2-13,15,19,22-23,25,36-39H,14,16-18,20-21,24H2,1H3/p+1/b19-15+/t25-/m0/s1. The predicted octanol–water partition coefficient (Wildman–Crippen LogP) is 5.56. The van der Waals surface area contributed by atoms with Crippen LogP contribution in [-0.4, -0.2) is 60.1 Å². The highest BCUT2D eigenvalue weighted by Crippen LogP contribution is 2.34. The zero-order chi connectivity index (χ0) is 30.4. The molecular formula is C35H39O8+. The summed E-state index contributed by atoms with van der Waals surface area (Å²) in [5, 5.41) is 34.9. The Labute approximate surface area is 252 Å². The average Bonchev–Trinajstić information content (AvgIpc) is 3.05. The molecular weight excluding hydrogens is 548 g/mol. The molecule has 0 unspecified atom stereocenters. The van der Waals surface area contributed by atoms with Gasteiger partial charge in [-0.3, -0.25) is 0 Å². The summed E-state index contributed by atoms with van der Waals surface area (Å²) >= 11 is 0. The molecule has 8 heteroatoms. The lowest BCUT2D eigenvalue weighted by Crippen LogP contribution is -2.09. The van der Waals surface area contributed by atoms with E-state index in [1.807, 2.05) is 67.6 Å². The Morgan fingerprint density at radius 1 is 0.698 bits per heavy atom. The minimum Gasteiger partial charge on any atom is -0.512 e. The topological polar surface area (TPSA) is 121 Å². The van der Waals surface area contributed by atoms with Crippen molar-refractivity contribution < 1.29 is 39.4 Å². The Bertz CT molecular complexity index is 1450. The van der Waals surface area contributed by atoms with Crippen LogP contribution in [0.5, 0.6) is 17.2 Å². The third-order valence-corrected chi connectivity index (χ3v) is 6.84. The fraction of sp³-hybridized carbons (Fsp3) is 0.257. The maximum atomic E-state index is 9.45.